The summed E-state index contributed by atoms with van der Waals surface area (Å²) < 4.78 is 15.3. The highest BCUT2D eigenvalue weighted by Crippen LogP contribution is 2.42. The van der Waals surface area contributed by atoms with Gasteiger partial charge in [0.2, 0.25) is 11.9 Å². The summed E-state index contributed by atoms with van der Waals surface area (Å²) in [5.41, 5.74) is 3.59. The minimum atomic E-state index is -1.05. The largest absolute Gasteiger partial charge is 0.369 e. The third-order valence-electron chi connectivity index (χ3n) is 6.82. The Balaban J connectivity index is 1.41. The number of aliphatic imine (C=N–C) groups is 1. The molecular formula is C28H26FN7O2. The fourth-order valence-corrected chi connectivity index (χ4v) is 4.81. The molecular weight excluding hydrogens is 485 g/mol. The number of hydrogen-bond donors (Lipinski definition) is 2. The molecule has 10 heteroatoms. The summed E-state index contributed by atoms with van der Waals surface area (Å²) in [6.45, 7) is 2.27. The van der Waals surface area contributed by atoms with Crippen LogP contribution in [0.1, 0.15) is 30.7 Å². The van der Waals surface area contributed by atoms with Crippen molar-refractivity contribution in [3.05, 3.63) is 89.9 Å². The zero-order chi connectivity index (χ0) is 26.4. The number of nitrogens with one attached hydrogen (secondary N) is 1. The molecule has 0 bridgehead atoms. The molecule has 192 valence electrons. The van der Waals surface area contributed by atoms with Gasteiger partial charge < -0.3 is 15.3 Å². The van der Waals surface area contributed by atoms with Gasteiger partial charge in [0.05, 0.1) is 17.8 Å². The Bertz CT molecular complexity index is 1530. The van der Waals surface area contributed by atoms with Gasteiger partial charge in [-0.3, -0.25) is 4.79 Å². The summed E-state index contributed by atoms with van der Waals surface area (Å²) in [6.07, 6.45) is -0.495. The Morgan fingerprint density at radius 3 is 2.50 bits per heavy atom. The fraction of sp³-hybridized carbons (Fsp3) is 0.214. The highest BCUT2D eigenvalue weighted by atomic mass is 19.1. The number of rotatable bonds is 6. The monoisotopic (exact) mass is 511 g/mol. The van der Waals surface area contributed by atoms with Crippen LogP contribution in [-0.4, -0.2) is 49.7 Å². The second-order valence-corrected chi connectivity index (χ2v) is 9.29. The second kappa shape index (κ2) is 9.38. The molecule has 1 amide bonds. The number of aliphatic hydroxyl groups is 1. The first-order valence-electron chi connectivity index (χ1n) is 12.4. The maximum atomic E-state index is 13.6. The Hall–Kier alpha value is -4.57. The van der Waals surface area contributed by atoms with Crippen molar-refractivity contribution in [3.63, 3.8) is 0 Å². The number of benzene rings is 2. The zero-order valence-electron chi connectivity index (χ0n) is 20.9. The van der Waals surface area contributed by atoms with Crippen molar-refractivity contribution in [1.82, 2.24) is 19.7 Å². The first kappa shape index (κ1) is 23.8. The lowest BCUT2D eigenvalue weighted by molar-refractivity contribution is -0.118. The summed E-state index contributed by atoms with van der Waals surface area (Å²) in [4.78, 5) is 24.8. The predicted molar refractivity (Wildman–Crippen MR) is 142 cm³/mol. The smallest absolute Gasteiger partial charge is 0.260 e. The average Bonchev–Trinajstić information content (AvgIpc) is 3.45. The van der Waals surface area contributed by atoms with E-state index in [2.05, 4.69) is 15.3 Å². The molecule has 2 aromatic carbocycles. The fourth-order valence-electron chi connectivity index (χ4n) is 4.81. The molecule has 6 rings (SSSR count). The molecule has 0 saturated heterocycles. The van der Waals surface area contributed by atoms with Crippen molar-refractivity contribution in [2.45, 2.75) is 32.2 Å². The molecule has 4 aromatic rings. The van der Waals surface area contributed by atoms with Crippen LogP contribution in [0.2, 0.25) is 0 Å². The Kier molecular flexibility index (Phi) is 5.88. The van der Waals surface area contributed by atoms with E-state index in [-0.39, 0.29) is 5.91 Å². The maximum absolute atomic E-state index is 13.6. The van der Waals surface area contributed by atoms with Gasteiger partial charge in [0.25, 0.3) is 5.91 Å². The summed E-state index contributed by atoms with van der Waals surface area (Å²) in [5, 5.41) is 19.5. The molecule has 2 aromatic heterocycles. The van der Waals surface area contributed by atoms with E-state index in [4.69, 9.17) is 5.10 Å². The van der Waals surface area contributed by atoms with E-state index in [9.17, 15) is 14.3 Å². The van der Waals surface area contributed by atoms with Crippen molar-refractivity contribution in [1.29, 1.82) is 0 Å². The molecule has 38 heavy (non-hydrogen) atoms. The van der Waals surface area contributed by atoms with E-state index in [0.717, 1.165) is 16.8 Å². The quantitative estimate of drug-likeness (QED) is 0.375. The molecule has 4 heterocycles. The van der Waals surface area contributed by atoms with Crippen LogP contribution in [0, 0.1) is 5.95 Å². The van der Waals surface area contributed by atoms with Crippen LogP contribution < -0.4 is 10.2 Å². The third kappa shape index (κ3) is 3.99. The molecule has 0 saturated carbocycles. The minimum Gasteiger partial charge on any atom is -0.369 e. The number of hydrogen-bond acceptors (Lipinski definition) is 7. The Labute approximate surface area is 218 Å². The van der Waals surface area contributed by atoms with Crippen LogP contribution in [0.5, 0.6) is 0 Å². The first-order chi connectivity index (χ1) is 18.4. The molecule has 9 nitrogen and oxygen atoms in total. The van der Waals surface area contributed by atoms with Crippen molar-refractivity contribution in [2.75, 3.05) is 17.3 Å². The minimum absolute atomic E-state index is 0.162. The predicted octanol–water partition coefficient (Wildman–Crippen LogP) is 4.29. The Morgan fingerprint density at radius 1 is 1.03 bits per heavy atom. The molecule has 2 aliphatic heterocycles. The zero-order valence-corrected chi connectivity index (χ0v) is 20.9. The number of fused-ring (bicyclic) bond motifs is 3. The molecule has 0 spiro atoms. The van der Waals surface area contributed by atoms with Crippen LogP contribution in [0.4, 0.5) is 21.7 Å². The molecule has 0 fully saturated rings. The highest BCUT2D eigenvalue weighted by Gasteiger charge is 2.47. The van der Waals surface area contributed by atoms with Gasteiger partial charge in [0.1, 0.15) is 11.9 Å². The lowest BCUT2D eigenvalue weighted by Gasteiger charge is -2.35. The summed E-state index contributed by atoms with van der Waals surface area (Å²) >= 11 is 0. The number of aromatic nitrogens is 3. The van der Waals surface area contributed by atoms with E-state index in [0.29, 0.717) is 41.8 Å². The third-order valence-corrected chi connectivity index (χ3v) is 6.82. The van der Waals surface area contributed by atoms with Gasteiger partial charge in [-0.1, -0.05) is 55.5 Å². The van der Waals surface area contributed by atoms with Gasteiger partial charge in [-0.2, -0.15) is 9.49 Å². The normalized spacial score (nSPS) is 18.3. The number of anilines is 3. The lowest BCUT2D eigenvalue weighted by Crippen LogP contribution is -2.49. The molecule has 0 aliphatic carbocycles. The average molecular weight is 512 g/mol. The Morgan fingerprint density at radius 2 is 1.79 bits per heavy atom. The molecule has 0 radical (unpaired) electrons. The van der Waals surface area contributed by atoms with E-state index in [1.807, 2.05) is 61.5 Å². The van der Waals surface area contributed by atoms with Crippen LogP contribution >= 0.6 is 0 Å². The summed E-state index contributed by atoms with van der Waals surface area (Å²) in [7, 11) is 1.72. The van der Waals surface area contributed by atoms with Crippen molar-refractivity contribution in [2.24, 2.45) is 4.99 Å². The summed E-state index contributed by atoms with van der Waals surface area (Å²) in [5.74, 6) is 0.649. The number of halogens is 1. The number of carbonyl (C=O) groups is 1. The van der Waals surface area contributed by atoms with Crippen LogP contribution in [-0.2, 0) is 11.3 Å². The topological polar surface area (TPSA) is 98.9 Å². The van der Waals surface area contributed by atoms with Gasteiger partial charge >= 0.3 is 0 Å². The maximum Gasteiger partial charge on any atom is 0.260 e. The van der Waals surface area contributed by atoms with E-state index >= 15 is 0 Å². The van der Waals surface area contributed by atoms with Gasteiger partial charge in [0, 0.05) is 18.3 Å². The van der Waals surface area contributed by atoms with Gasteiger partial charge in [-0.05, 0) is 36.2 Å². The standard InChI is InChI=1S/C28H26FN7O2/c1-3-20-26(37)36-25-23(27(38)34(2)28(36)32-20)24(30-19-8-5-4-6-9-19)35(33-25)16-17-12-14-18(15-13-17)21-10-7-11-22(29)31-21/h4-15,20,27,30,38H,3,16H2,1-2H3/t20-,27?/m1/s1. The summed E-state index contributed by atoms with van der Waals surface area (Å²) in [6, 6.07) is 21.4. The van der Waals surface area contributed by atoms with Crippen LogP contribution in [0.25, 0.3) is 11.3 Å². The number of para-hydroxylation sites is 1. The van der Waals surface area contributed by atoms with Gasteiger partial charge in [0.15, 0.2) is 12.0 Å². The molecule has 2 aliphatic rings. The first-order valence-corrected chi connectivity index (χ1v) is 12.4. The number of guanidine groups is 1. The lowest BCUT2D eigenvalue weighted by atomic mass is 10.1. The second-order valence-electron chi connectivity index (χ2n) is 9.29. The molecule has 2 N–H and O–H groups in total. The number of nitrogens with zero attached hydrogens (tertiary/aromatic N) is 6. The number of carbonyl (C=O) groups excluding carboxylic acids is 1. The van der Waals surface area contributed by atoms with E-state index in [1.165, 1.54) is 11.0 Å². The van der Waals surface area contributed by atoms with Crippen molar-refractivity contribution < 1.29 is 14.3 Å². The highest BCUT2D eigenvalue weighted by molar-refractivity contribution is 6.23. The van der Waals surface area contributed by atoms with Gasteiger partial charge in [-0.15, -0.1) is 0 Å². The molecule has 2 atom stereocenters. The van der Waals surface area contributed by atoms with Crippen LogP contribution in [0.15, 0.2) is 77.8 Å². The molecule has 1 unspecified atom stereocenters. The number of pyridine rings is 1. The van der Waals surface area contributed by atoms with E-state index in [1.54, 1.807) is 28.8 Å². The van der Waals surface area contributed by atoms with E-state index < -0.39 is 18.2 Å². The van der Waals surface area contributed by atoms with Crippen molar-refractivity contribution >= 4 is 29.2 Å². The van der Waals surface area contributed by atoms with Gasteiger partial charge in [-0.25, -0.2) is 19.6 Å². The SMILES string of the molecule is CC[C@H]1N=C2N(C1=O)c1nn(Cc3ccc(-c4cccc(F)n4)cc3)c(Nc3ccccc3)c1C(O)N2C. The van der Waals surface area contributed by atoms with Crippen LogP contribution in [0.3, 0.4) is 0 Å². The van der Waals surface area contributed by atoms with Crippen molar-refractivity contribution in [3.8, 4) is 11.3 Å². The number of amides is 1. The number of aliphatic hydroxyl groups excluding tert-OH is 1.